The van der Waals surface area contributed by atoms with Crippen LogP contribution in [0.1, 0.15) is 31.3 Å². The molecule has 0 radical (unpaired) electrons. The highest BCUT2D eigenvalue weighted by Crippen LogP contribution is 2.34. The lowest BCUT2D eigenvalue weighted by atomic mass is 10.2. The number of fused-ring (bicyclic) bond motifs is 1. The van der Waals surface area contributed by atoms with Gasteiger partial charge in [-0.1, -0.05) is 30.3 Å². The third-order valence-electron chi connectivity index (χ3n) is 3.13. The van der Waals surface area contributed by atoms with Crippen molar-refractivity contribution >= 4 is 17.4 Å². The zero-order chi connectivity index (χ0) is 15.0. The fourth-order valence-electron chi connectivity index (χ4n) is 2.20. The molecule has 0 saturated carbocycles. The van der Waals surface area contributed by atoms with Gasteiger partial charge in [0, 0.05) is 10.4 Å². The number of benzene rings is 1. The lowest BCUT2D eigenvalue weighted by molar-refractivity contribution is 0.0241. The summed E-state index contributed by atoms with van der Waals surface area (Å²) in [5, 5.41) is 1.02. The first-order chi connectivity index (χ1) is 9.92. The summed E-state index contributed by atoms with van der Waals surface area (Å²) in [6, 6.07) is 10.1. The zero-order valence-electron chi connectivity index (χ0n) is 12.4. The summed E-state index contributed by atoms with van der Waals surface area (Å²) in [4.78, 5) is 19.6. The molecule has 110 valence electrons. The van der Waals surface area contributed by atoms with Crippen molar-refractivity contribution in [1.82, 2.24) is 9.88 Å². The van der Waals surface area contributed by atoms with E-state index in [1.165, 1.54) is 0 Å². The Bertz CT molecular complexity index is 635. The Labute approximate surface area is 128 Å². The largest absolute Gasteiger partial charge is 0.444 e. The zero-order valence-corrected chi connectivity index (χ0v) is 13.2. The molecule has 0 aliphatic carbocycles. The van der Waals surface area contributed by atoms with Crippen LogP contribution < -0.4 is 0 Å². The molecular formula is C16H18N2O2S. The maximum Gasteiger partial charge on any atom is 0.410 e. The first-order valence-electron chi connectivity index (χ1n) is 6.94. The number of carbonyl (C=O) groups excluding carboxylic acids is 1. The Hall–Kier alpha value is -1.88. The van der Waals surface area contributed by atoms with Crippen LogP contribution in [-0.2, 0) is 17.8 Å². The smallest absolute Gasteiger partial charge is 0.410 e. The normalized spacial score (nSPS) is 14.1. The van der Waals surface area contributed by atoms with E-state index in [4.69, 9.17) is 4.74 Å². The molecule has 21 heavy (non-hydrogen) atoms. The molecule has 2 heterocycles. The number of thiazole rings is 1. The average molecular weight is 302 g/mol. The van der Waals surface area contributed by atoms with E-state index in [1.807, 2.05) is 39.0 Å². The van der Waals surface area contributed by atoms with Crippen LogP contribution >= 0.6 is 11.3 Å². The Kier molecular flexibility index (Phi) is 3.45. The van der Waals surface area contributed by atoms with E-state index in [0.717, 1.165) is 21.1 Å². The molecule has 5 heteroatoms. The highest BCUT2D eigenvalue weighted by Gasteiger charge is 2.30. The van der Waals surface area contributed by atoms with Crippen LogP contribution in [0.3, 0.4) is 0 Å². The van der Waals surface area contributed by atoms with Gasteiger partial charge in [-0.3, -0.25) is 4.90 Å². The third kappa shape index (κ3) is 3.08. The van der Waals surface area contributed by atoms with Gasteiger partial charge in [0.15, 0.2) is 0 Å². The number of aromatic nitrogens is 1. The number of amides is 1. The molecule has 1 aromatic carbocycles. The number of nitrogens with zero attached hydrogens (tertiary/aromatic N) is 2. The van der Waals surface area contributed by atoms with Gasteiger partial charge >= 0.3 is 6.09 Å². The average Bonchev–Trinajstić information content (AvgIpc) is 2.95. The highest BCUT2D eigenvalue weighted by atomic mass is 32.1. The van der Waals surface area contributed by atoms with Crippen LogP contribution in [0.25, 0.3) is 10.6 Å². The first-order valence-corrected chi connectivity index (χ1v) is 7.76. The van der Waals surface area contributed by atoms with Gasteiger partial charge in [0.25, 0.3) is 0 Å². The third-order valence-corrected chi connectivity index (χ3v) is 4.26. The Morgan fingerprint density at radius 1 is 1.24 bits per heavy atom. The van der Waals surface area contributed by atoms with Crippen LogP contribution in [0, 0.1) is 0 Å². The lowest BCUT2D eigenvalue weighted by Crippen LogP contribution is -2.33. The van der Waals surface area contributed by atoms with Gasteiger partial charge < -0.3 is 4.74 Å². The van der Waals surface area contributed by atoms with Gasteiger partial charge in [0.2, 0.25) is 0 Å². The van der Waals surface area contributed by atoms with Crippen molar-refractivity contribution in [2.75, 3.05) is 0 Å². The second kappa shape index (κ2) is 5.15. The van der Waals surface area contributed by atoms with Crippen molar-refractivity contribution in [2.45, 2.75) is 39.5 Å². The molecule has 1 amide bonds. The summed E-state index contributed by atoms with van der Waals surface area (Å²) in [7, 11) is 0. The van der Waals surface area contributed by atoms with Crippen molar-refractivity contribution in [1.29, 1.82) is 0 Å². The van der Waals surface area contributed by atoms with Gasteiger partial charge in [-0.15, -0.1) is 11.3 Å². The molecule has 0 bridgehead atoms. The molecule has 1 aromatic heterocycles. The Morgan fingerprint density at radius 3 is 2.57 bits per heavy atom. The molecule has 0 atom stereocenters. The van der Waals surface area contributed by atoms with Crippen molar-refractivity contribution < 1.29 is 9.53 Å². The van der Waals surface area contributed by atoms with E-state index in [2.05, 4.69) is 17.1 Å². The molecule has 0 unspecified atom stereocenters. The van der Waals surface area contributed by atoms with Crippen LogP contribution in [0.5, 0.6) is 0 Å². The van der Waals surface area contributed by atoms with Gasteiger partial charge in [-0.25, -0.2) is 9.78 Å². The number of rotatable bonds is 1. The maximum atomic E-state index is 12.1. The summed E-state index contributed by atoms with van der Waals surface area (Å²) in [6.07, 6.45) is -0.269. The Morgan fingerprint density at radius 2 is 1.95 bits per heavy atom. The maximum absolute atomic E-state index is 12.1. The summed E-state index contributed by atoms with van der Waals surface area (Å²) in [5.41, 5.74) is 1.65. The molecule has 0 fully saturated rings. The molecule has 3 rings (SSSR count). The van der Waals surface area contributed by atoms with Crippen LogP contribution in [0.15, 0.2) is 30.3 Å². The highest BCUT2D eigenvalue weighted by molar-refractivity contribution is 7.15. The number of hydrogen-bond acceptors (Lipinski definition) is 4. The Balaban J connectivity index is 1.73. The monoisotopic (exact) mass is 302 g/mol. The molecule has 0 N–H and O–H groups in total. The predicted octanol–water partition coefficient (Wildman–Crippen LogP) is 4.06. The molecule has 0 saturated heterocycles. The molecule has 2 aromatic rings. The van der Waals surface area contributed by atoms with Crippen LogP contribution in [0.2, 0.25) is 0 Å². The predicted molar refractivity (Wildman–Crippen MR) is 83.0 cm³/mol. The minimum atomic E-state index is -0.463. The summed E-state index contributed by atoms with van der Waals surface area (Å²) >= 11 is 1.65. The quantitative estimate of drug-likeness (QED) is 0.797. The molecule has 1 aliphatic heterocycles. The topological polar surface area (TPSA) is 42.4 Å². The second-order valence-electron chi connectivity index (χ2n) is 6.09. The van der Waals surface area contributed by atoms with Gasteiger partial charge in [0.1, 0.15) is 10.6 Å². The van der Waals surface area contributed by atoms with Crippen LogP contribution in [0.4, 0.5) is 4.79 Å². The van der Waals surface area contributed by atoms with E-state index in [0.29, 0.717) is 13.1 Å². The van der Waals surface area contributed by atoms with Crippen molar-refractivity contribution in [3.8, 4) is 10.6 Å². The van der Waals surface area contributed by atoms with E-state index in [9.17, 15) is 4.79 Å². The van der Waals surface area contributed by atoms with Crippen molar-refractivity contribution in [2.24, 2.45) is 0 Å². The summed E-state index contributed by atoms with van der Waals surface area (Å²) in [6.45, 7) is 6.76. The second-order valence-corrected chi connectivity index (χ2v) is 7.17. The molecular weight excluding hydrogens is 284 g/mol. The van der Waals surface area contributed by atoms with E-state index in [1.54, 1.807) is 16.2 Å². The number of hydrogen-bond donors (Lipinski definition) is 0. The van der Waals surface area contributed by atoms with Gasteiger partial charge in [0.05, 0.1) is 18.8 Å². The first kappa shape index (κ1) is 14.1. The van der Waals surface area contributed by atoms with E-state index >= 15 is 0 Å². The fraction of sp³-hybridized carbons (Fsp3) is 0.375. The minimum Gasteiger partial charge on any atom is -0.444 e. The number of carbonyl (C=O) groups is 1. The lowest BCUT2D eigenvalue weighted by Gasteiger charge is -2.24. The van der Waals surface area contributed by atoms with Crippen molar-refractivity contribution in [3.63, 3.8) is 0 Å². The van der Waals surface area contributed by atoms with E-state index in [-0.39, 0.29) is 6.09 Å². The standard InChI is InChI=1S/C16H18N2O2S/c1-16(2,3)20-15(19)18-9-12-13(10-18)21-14(17-12)11-7-5-4-6-8-11/h4-8H,9-10H2,1-3H3. The minimum absolute atomic E-state index is 0.269. The van der Waals surface area contributed by atoms with Gasteiger partial charge in [-0.05, 0) is 20.8 Å². The van der Waals surface area contributed by atoms with E-state index < -0.39 is 5.60 Å². The fourth-order valence-corrected chi connectivity index (χ4v) is 3.29. The number of ether oxygens (including phenoxy) is 1. The summed E-state index contributed by atoms with van der Waals surface area (Å²) in [5.74, 6) is 0. The summed E-state index contributed by atoms with van der Waals surface area (Å²) < 4.78 is 5.40. The van der Waals surface area contributed by atoms with Crippen molar-refractivity contribution in [3.05, 3.63) is 40.9 Å². The molecule has 4 nitrogen and oxygen atoms in total. The molecule has 1 aliphatic rings. The van der Waals surface area contributed by atoms with Crippen LogP contribution in [-0.4, -0.2) is 21.6 Å². The SMILES string of the molecule is CC(C)(C)OC(=O)N1Cc2nc(-c3ccccc3)sc2C1. The van der Waals surface area contributed by atoms with Gasteiger partial charge in [-0.2, -0.15) is 0 Å². The molecule has 0 spiro atoms.